The smallest absolute Gasteiger partial charge is 0.0932 e. The lowest BCUT2D eigenvalue weighted by molar-refractivity contribution is -0.0112. The monoisotopic (exact) mass is 259 g/mol. The molecule has 0 aliphatic heterocycles. The van der Waals surface area contributed by atoms with Crippen LogP contribution in [-0.2, 0) is 0 Å². The summed E-state index contributed by atoms with van der Waals surface area (Å²) in [4.78, 5) is 8.36. The zero-order valence-electron chi connectivity index (χ0n) is 10.7. The molecule has 2 aromatic rings. The summed E-state index contributed by atoms with van der Waals surface area (Å²) in [6.07, 6.45) is 9.11. The Labute approximate surface area is 111 Å². The van der Waals surface area contributed by atoms with Gasteiger partial charge in [0.25, 0.3) is 0 Å². The van der Waals surface area contributed by atoms with Crippen molar-refractivity contribution in [3.8, 4) is 0 Å². The molecule has 0 saturated heterocycles. The average molecular weight is 259 g/mol. The lowest BCUT2D eigenvalue weighted by Gasteiger charge is -2.43. The van der Waals surface area contributed by atoms with Gasteiger partial charge < -0.3 is 10.4 Å². The Morgan fingerprint density at radius 3 is 2.95 bits per heavy atom. The van der Waals surface area contributed by atoms with E-state index in [1.54, 1.807) is 24.8 Å². The van der Waals surface area contributed by atoms with Gasteiger partial charge >= 0.3 is 0 Å². The molecule has 0 bridgehead atoms. The Morgan fingerprint density at radius 2 is 2.32 bits per heavy atom. The largest absolute Gasteiger partial charge is 0.391 e. The highest BCUT2D eigenvalue weighted by Crippen LogP contribution is 2.33. The topological polar surface area (TPSA) is 75.9 Å². The van der Waals surface area contributed by atoms with E-state index in [0.717, 1.165) is 12.1 Å². The summed E-state index contributed by atoms with van der Waals surface area (Å²) in [5, 5.41) is 17.6. The van der Waals surface area contributed by atoms with Crippen LogP contribution in [0.25, 0.3) is 0 Å². The number of nitrogens with zero attached hydrogens (tertiary/aromatic N) is 4. The second-order valence-corrected chi connectivity index (χ2v) is 4.90. The van der Waals surface area contributed by atoms with E-state index in [0.29, 0.717) is 0 Å². The highest BCUT2D eigenvalue weighted by molar-refractivity contribution is 5.06. The third-order valence-corrected chi connectivity index (χ3v) is 3.62. The number of aliphatic hydroxyl groups is 1. The molecule has 1 saturated carbocycles. The van der Waals surface area contributed by atoms with Gasteiger partial charge in [-0.15, -0.1) is 0 Å². The van der Waals surface area contributed by atoms with Crippen LogP contribution in [0.1, 0.15) is 31.1 Å². The third kappa shape index (κ3) is 2.36. The van der Waals surface area contributed by atoms with Gasteiger partial charge in [0.2, 0.25) is 0 Å². The van der Waals surface area contributed by atoms with E-state index in [4.69, 9.17) is 0 Å². The number of aliphatic hydroxyl groups excluding tert-OH is 1. The molecule has 6 heteroatoms. The highest BCUT2D eigenvalue weighted by Gasteiger charge is 2.42. The van der Waals surface area contributed by atoms with Gasteiger partial charge in [-0.2, -0.15) is 5.10 Å². The van der Waals surface area contributed by atoms with E-state index in [-0.39, 0.29) is 24.2 Å². The number of nitrogens with one attached hydrogen (secondary N) is 1. The fourth-order valence-electron chi connectivity index (χ4n) is 2.54. The first-order chi connectivity index (χ1) is 9.25. The quantitative estimate of drug-likeness (QED) is 0.845. The Hall–Kier alpha value is -1.79. The van der Waals surface area contributed by atoms with Crippen LogP contribution >= 0.6 is 0 Å². The van der Waals surface area contributed by atoms with Crippen molar-refractivity contribution in [3.05, 3.63) is 42.7 Å². The Kier molecular flexibility index (Phi) is 3.27. The Balaban J connectivity index is 1.67. The first-order valence-corrected chi connectivity index (χ1v) is 6.45. The summed E-state index contributed by atoms with van der Waals surface area (Å²) >= 11 is 0. The molecular weight excluding hydrogens is 242 g/mol. The van der Waals surface area contributed by atoms with Crippen molar-refractivity contribution in [2.24, 2.45) is 0 Å². The van der Waals surface area contributed by atoms with Crippen molar-refractivity contribution < 1.29 is 5.11 Å². The molecule has 1 aliphatic carbocycles. The summed E-state index contributed by atoms with van der Waals surface area (Å²) in [5.74, 6) is 0. The molecule has 0 spiro atoms. The van der Waals surface area contributed by atoms with Gasteiger partial charge in [0.15, 0.2) is 0 Å². The van der Waals surface area contributed by atoms with E-state index in [2.05, 4.69) is 27.3 Å². The van der Waals surface area contributed by atoms with Crippen molar-refractivity contribution >= 4 is 0 Å². The Bertz CT molecular complexity index is 515. The average Bonchev–Trinajstić information content (AvgIpc) is 2.92. The SMILES string of the molecule is CC(N[C@H]1C[C@@H](O)[C@@H]1n1cccn1)c1cnccn1. The predicted molar refractivity (Wildman–Crippen MR) is 69.3 cm³/mol. The van der Waals surface area contributed by atoms with Crippen LogP contribution in [0.2, 0.25) is 0 Å². The van der Waals surface area contributed by atoms with Crippen LogP contribution in [0, 0.1) is 0 Å². The van der Waals surface area contributed by atoms with Gasteiger partial charge in [0, 0.05) is 43.1 Å². The van der Waals surface area contributed by atoms with Crippen LogP contribution in [0.15, 0.2) is 37.1 Å². The number of hydrogen-bond acceptors (Lipinski definition) is 5. The molecule has 0 radical (unpaired) electrons. The molecule has 19 heavy (non-hydrogen) atoms. The first kappa shape index (κ1) is 12.3. The van der Waals surface area contributed by atoms with Gasteiger partial charge in [0.1, 0.15) is 0 Å². The molecule has 0 amide bonds. The number of hydrogen-bond donors (Lipinski definition) is 2. The van der Waals surface area contributed by atoms with Gasteiger partial charge in [-0.3, -0.25) is 14.6 Å². The minimum atomic E-state index is -0.341. The van der Waals surface area contributed by atoms with E-state index in [9.17, 15) is 5.11 Å². The molecule has 4 atom stereocenters. The zero-order valence-corrected chi connectivity index (χ0v) is 10.7. The number of aromatic nitrogens is 4. The first-order valence-electron chi connectivity index (χ1n) is 6.45. The standard InChI is InChI=1S/C13H17N5O/c1-9(11-8-14-4-5-15-11)17-10-7-12(19)13(10)18-6-2-3-16-18/h2-6,8-10,12-13,17,19H,7H2,1H3/t9?,10-,12+,13+/m0/s1. The lowest BCUT2D eigenvalue weighted by Crippen LogP contribution is -2.55. The molecule has 2 heterocycles. The summed E-state index contributed by atoms with van der Waals surface area (Å²) in [7, 11) is 0. The van der Waals surface area contributed by atoms with Gasteiger partial charge in [-0.25, -0.2) is 0 Å². The molecular formula is C13H17N5O. The minimum absolute atomic E-state index is 0.00544. The van der Waals surface area contributed by atoms with Gasteiger partial charge in [0.05, 0.1) is 17.8 Å². The van der Waals surface area contributed by atoms with Crippen molar-refractivity contribution in [1.82, 2.24) is 25.1 Å². The van der Waals surface area contributed by atoms with Gasteiger partial charge in [-0.1, -0.05) is 0 Å². The second kappa shape index (κ2) is 5.07. The fourth-order valence-corrected chi connectivity index (χ4v) is 2.54. The van der Waals surface area contributed by atoms with Gasteiger partial charge in [-0.05, 0) is 19.4 Å². The van der Waals surface area contributed by atoms with E-state index < -0.39 is 0 Å². The molecule has 100 valence electrons. The van der Waals surface area contributed by atoms with Crippen molar-refractivity contribution in [3.63, 3.8) is 0 Å². The molecule has 1 aliphatic rings. The summed E-state index contributed by atoms with van der Waals surface area (Å²) in [5.41, 5.74) is 0.906. The van der Waals surface area contributed by atoms with Crippen LogP contribution in [0.4, 0.5) is 0 Å². The summed E-state index contributed by atoms with van der Waals surface area (Å²) in [6.45, 7) is 2.05. The summed E-state index contributed by atoms with van der Waals surface area (Å²) in [6, 6.07) is 2.17. The molecule has 6 nitrogen and oxygen atoms in total. The highest BCUT2D eigenvalue weighted by atomic mass is 16.3. The maximum atomic E-state index is 9.90. The van der Waals surface area contributed by atoms with Crippen molar-refractivity contribution in [2.75, 3.05) is 0 Å². The second-order valence-electron chi connectivity index (χ2n) is 4.90. The zero-order chi connectivity index (χ0) is 13.2. The van der Waals surface area contributed by atoms with Crippen LogP contribution in [-0.4, -0.2) is 37.0 Å². The van der Waals surface area contributed by atoms with Crippen LogP contribution in [0.5, 0.6) is 0 Å². The van der Waals surface area contributed by atoms with E-state index in [1.807, 2.05) is 16.9 Å². The van der Waals surface area contributed by atoms with E-state index in [1.165, 1.54) is 0 Å². The minimum Gasteiger partial charge on any atom is -0.391 e. The van der Waals surface area contributed by atoms with Crippen LogP contribution in [0.3, 0.4) is 0 Å². The third-order valence-electron chi connectivity index (χ3n) is 3.62. The maximum Gasteiger partial charge on any atom is 0.0932 e. The molecule has 3 rings (SSSR count). The Morgan fingerprint density at radius 1 is 1.42 bits per heavy atom. The van der Waals surface area contributed by atoms with E-state index >= 15 is 0 Å². The van der Waals surface area contributed by atoms with Crippen LogP contribution < -0.4 is 5.32 Å². The molecule has 0 aromatic carbocycles. The fraction of sp³-hybridized carbons (Fsp3) is 0.462. The summed E-state index contributed by atoms with van der Waals surface area (Å²) < 4.78 is 1.81. The molecule has 2 N–H and O–H groups in total. The van der Waals surface area contributed by atoms with Crippen molar-refractivity contribution in [2.45, 2.75) is 37.6 Å². The molecule has 1 unspecified atom stereocenters. The maximum absolute atomic E-state index is 9.90. The molecule has 1 fully saturated rings. The number of rotatable bonds is 4. The molecule has 2 aromatic heterocycles. The predicted octanol–water partition coefficient (Wildman–Crippen LogP) is 0.698. The lowest BCUT2D eigenvalue weighted by atomic mass is 9.82. The van der Waals surface area contributed by atoms with Crippen molar-refractivity contribution in [1.29, 1.82) is 0 Å². The normalized spacial score (nSPS) is 27.8.